The molecule has 0 amide bonds. The molecule has 0 aliphatic heterocycles. The van der Waals surface area contributed by atoms with Gasteiger partial charge in [-0.05, 0) is 30.9 Å². The number of hydrogen-bond donors (Lipinski definition) is 1. The Morgan fingerprint density at radius 1 is 1.62 bits per heavy atom. The summed E-state index contributed by atoms with van der Waals surface area (Å²) in [5.74, 6) is -0.332. The van der Waals surface area contributed by atoms with Crippen LogP contribution >= 0.6 is 11.3 Å². The third-order valence-corrected chi connectivity index (χ3v) is 3.85. The molecule has 86 valence electrons. The highest BCUT2D eigenvalue weighted by Crippen LogP contribution is 2.30. The Hall–Kier alpha value is -1.29. The van der Waals surface area contributed by atoms with Gasteiger partial charge >= 0.3 is 5.97 Å². The smallest absolute Gasteiger partial charge is 0.331 e. The van der Waals surface area contributed by atoms with Gasteiger partial charge in [-0.15, -0.1) is 11.3 Å². The first-order valence-corrected chi connectivity index (χ1v) is 6.19. The number of aryl methyl sites for hydroxylation is 2. The van der Waals surface area contributed by atoms with E-state index < -0.39 is 0 Å². The van der Waals surface area contributed by atoms with Gasteiger partial charge in [-0.1, -0.05) is 0 Å². The van der Waals surface area contributed by atoms with E-state index in [1.54, 1.807) is 6.20 Å². The molecule has 16 heavy (non-hydrogen) atoms. The van der Waals surface area contributed by atoms with E-state index in [1.807, 2.05) is 11.3 Å². The summed E-state index contributed by atoms with van der Waals surface area (Å²) in [6.07, 6.45) is 6.79. The molecule has 4 heteroatoms. The van der Waals surface area contributed by atoms with Crippen molar-refractivity contribution in [2.45, 2.75) is 25.8 Å². The minimum atomic E-state index is -0.332. The maximum atomic E-state index is 10.8. The number of carbonyl (C=O) groups is 1. The van der Waals surface area contributed by atoms with Crippen LogP contribution in [0.5, 0.6) is 0 Å². The van der Waals surface area contributed by atoms with Gasteiger partial charge in [-0.2, -0.15) is 0 Å². The molecule has 1 aliphatic rings. The van der Waals surface area contributed by atoms with E-state index in [-0.39, 0.29) is 5.97 Å². The fourth-order valence-electron chi connectivity index (χ4n) is 1.83. The molecule has 1 N–H and O–H groups in total. The zero-order chi connectivity index (χ0) is 11.4. The molecule has 0 atom stereocenters. The molecule has 0 aromatic carbocycles. The van der Waals surface area contributed by atoms with Crippen LogP contribution in [0.15, 0.2) is 18.3 Å². The van der Waals surface area contributed by atoms with Gasteiger partial charge in [0, 0.05) is 28.6 Å². The lowest BCUT2D eigenvalue weighted by Crippen LogP contribution is -2.05. The fraction of sp³-hybridized carbons (Fsp3) is 0.417. The Morgan fingerprint density at radius 3 is 3.25 bits per heavy atom. The van der Waals surface area contributed by atoms with Crippen molar-refractivity contribution in [1.29, 1.82) is 0 Å². The van der Waals surface area contributed by atoms with Crippen molar-refractivity contribution in [3.05, 3.63) is 33.7 Å². The minimum absolute atomic E-state index is 0.332. The van der Waals surface area contributed by atoms with E-state index in [0.717, 1.165) is 6.54 Å². The molecule has 0 saturated carbocycles. The number of hydrogen-bond acceptors (Lipinski definition) is 4. The molecule has 1 aliphatic carbocycles. The van der Waals surface area contributed by atoms with Gasteiger partial charge in [-0.3, -0.25) is 0 Å². The second kappa shape index (κ2) is 5.16. The molecule has 0 radical (unpaired) electrons. The predicted molar refractivity (Wildman–Crippen MR) is 64.3 cm³/mol. The Balaban J connectivity index is 1.81. The Morgan fingerprint density at radius 2 is 2.50 bits per heavy atom. The summed E-state index contributed by atoms with van der Waals surface area (Å²) in [5, 5.41) is 3.08. The SMILES string of the molecule is COC(=O)/C=C/NCc1cc2c(s1)CCC2. The van der Waals surface area contributed by atoms with E-state index in [0.29, 0.717) is 0 Å². The van der Waals surface area contributed by atoms with Gasteiger partial charge in [0.2, 0.25) is 0 Å². The summed E-state index contributed by atoms with van der Waals surface area (Å²) in [6, 6.07) is 2.27. The highest BCUT2D eigenvalue weighted by molar-refractivity contribution is 7.12. The van der Waals surface area contributed by atoms with Gasteiger partial charge in [-0.25, -0.2) is 4.79 Å². The standard InChI is InChI=1S/C12H15NO2S/c1-15-12(14)5-6-13-8-10-7-9-3-2-4-11(9)16-10/h5-7,13H,2-4,8H2,1H3/b6-5+. The van der Waals surface area contributed by atoms with Gasteiger partial charge in [0.1, 0.15) is 0 Å². The molecule has 2 rings (SSSR count). The molecule has 3 nitrogen and oxygen atoms in total. The average molecular weight is 237 g/mol. The lowest BCUT2D eigenvalue weighted by atomic mass is 10.2. The summed E-state index contributed by atoms with van der Waals surface area (Å²) < 4.78 is 4.49. The third kappa shape index (κ3) is 2.64. The number of nitrogens with one attached hydrogen (secondary N) is 1. The van der Waals surface area contributed by atoms with Crippen LogP contribution in [0, 0.1) is 0 Å². The normalized spacial score (nSPS) is 14.1. The van der Waals surface area contributed by atoms with Crippen LogP contribution in [0.25, 0.3) is 0 Å². The van der Waals surface area contributed by atoms with Crippen LogP contribution in [-0.2, 0) is 28.9 Å². The van der Waals surface area contributed by atoms with E-state index >= 15 is 0 Å². The molecule has 0 spiro atoms. The van der Waals surface area contributed by atoms with Gasteiger partial charge in [0.05, 0.1) is 7.11 Å². The third-order valence-electron chi connectivity index (χ3n) is 2.61. The monoisotopic (exact) mass is 237 g/mol. The molecular formula is C12H15NO2S. The number of ether oxygens (including phenoxy) is 1. The maximum Gasteiger partial charge on any atom is 0.331 e. The first-order valence-electron chi connectivity index (χ1n) is 5.38. The zero-order valence-corrected chi connectivity index (χ0v) is 10.1. The van der Waals surface area contributed by atoms with Crippen molar-refractivity contribution in [3.63, 3.8) is 0 Å². The van der Waals surface area contributed by atoms with E-state index in [1.165, 1.54) is 47.8 Å². The molecule has 0 fully saturated rings. The molecular weight excluding hydrogens is 222 g/mol. The second-order valence-electron chi connectivity index (χ2n) is 3.75. The summed E-state index contributed by atoms with van der Waals surface area (Å²) in [4.78, 5) is 13.7. The van der Waals surface area contributed by atoms with E-state index in [9.17, 15) is 4.79 Å². The molecule has 0 saturated heterocycles. The first-order chi connectivity index (χ1) is 7.79. The van der Waals surface area contributed by atoms with Crippen molar-refractivity contribution in [3.8, 4) is 0 Å². The molecule has 0 unspecified atom stereocenters. The van der Waals surface area contributed by atoms with Crippen molar-refractivity contribution in [2.75, 3.05) is 7.11 Å². The van der Waals surface area contributed by atoms with Gasteiger partial charge in [0.15, 0.2) is 0 Å². The number of esters is 1. The lowest BCUT2D eigenvalue weighted by Gasteiger charge is -1.97. The summed E-state index contributed by atoms with van der Waals surface area (Å²) in [7, 11) is 1.37. The summed E-state index contributed by atoms with van der Waals surface area (Å²) >= 11 is 1.87. The molecule has 1 aromatic rings. The maximum absolute atomic E-state index is 10.8. The molecule has 0 bridgehead atoms. The summed E-state index contributed by atoms with van der Waals surface area (Å²) in [5.41, 5.74) is 1.51. The Kier molecular flexibility index (Phi) is 3.62. The number of rotatable bonds is 4. The van der Waals surface area contributed by atoms with Crippen LogP contribution < -0.4 is 5.32 Å². The highest BCUT2D eigenvalue weighted by atomic mass is 32.1. The molecule has 1 aromatic heterocycles. The lowest BCUT2D eigenvalue weighted by molar-refractivity contribution is -0.134. The minimum Gasteiger partial charge on any atom is -0.466 e. The molecule has 1 heterocycles. The van der Waals surface area contributed by atoms with E-state index in [2.05, 4.69) is 16.1 Å². The Labute approximate surface area is 99.1 Å². The number of fused-ring (bicyclic) bond motifs is 1. The number of carbonyl (C=O) groups excluding carboxylic acids is 1. The zero-order valence-electron chi connectivity index (χ0n) is 9.29. The predicted octanol–water partition coefficient (Wildman–Crippen LogP) is 2.01. The number of thiophene rings is 1. The van der Waals surface area contributed by atoms with Gasteiger partial charge < -0.3 is 10.1 Å². The summed E-state index contributed by atoms with van der Waals surface area (Å²) in [6.45, 7) is 0.783. The largest absolute Gasteiger partial charge is 0.466 e. The van der Waals surface area contributed by atoms with Crippen molar-refractivity contribution in [2.24, 2.45) is 0 Å². The van der Waals surface area contributed by atoms with Crippen LogP contribution in [0.2, 0.25) is 0 Å². The first kappa shape index (κ1) is 11.2. The number of methoxy groups -OCH3 is 1. The van der Waals surface area contributed by atoms with Crippen LogP contribution in [-0.4, -0.2) is 13.1 Å². The van der Waals surface area contributed by atoms with Crippen molar-refractivity contribution in [1.82, 2.24) is 5.32 Å². The quantitative estimate of drug-likeness (QED) is 0.643. The Bertz CT molecular complexity index is 388. The van der Waals surface area contributed by atoms with Crippen LogP contribution in [0.3, 0.4) is 0 Å². The second-order valence-corrected chi connectivity index (χ2v) is 4.97. The topological polar surface area (TPSA) is 38.3 Å². The van der Waals surface area contributed by atoms with Crippen molar-refractivity contribution < 1.29 is 9.53 Å². The average Bonchev–Trinajstić information content (AvgIpc) is 2.84. The highest BCUT2D eigenvalue weighted by Gasteiger charge is 2.13. The van der Waals surface area contributed by atoms with E-state index in [4.69, 9.17) is 0 Å². The van der Waals surface area contributed by atoms with Gasteiger partial charge in [0.25, 0.3) is 0 Å². The fourth-order valence-corrected chi connectivity index (χ4v) is 3.04. The van der Waals surface area contributed by atoms with Crippen LogP contribution in [0.4, 0.5) is 0 Å². The van der Waals surface area contributed by atoms with Crippen molar-refractivity contribution >= 4 is 17.3 Å². The van der Waals surface area contributed by atoms with Crippen LogP contribution in [0.1, 0.15) is 21.7 Å².